The first-order chi connectivity index (χ1) is 17.5. The fourth-order valence-corrected chi connectivity index (χ4v) is 4.99. The number of benzene rings is 3. The van der Waals surface area contributed by atoms with E-state index in [1.54, 1.807) is 18.2 Å². The van der Waals surface area contributed by atoms with Crippen LogP contribution in [0, 0.1) is 12.7 Å². The van der Waals surface area contributed by atoms with Gasteiger partial charge in [-0.1, -0.05) is 58.4 Å². The third-order valence-electron chi connectivity index (χ3n) is 5.89. The molecule has 0 fully saturated rings. The first-order valence-corrected chi connectivity index (χ1v) is 14.2. The lowest BCUT2D eigenvalue weighted by atomic mass is 10.0. The second kappa shape index (κ2) is 12.3. The smallest absolute Gasteiger partial charge is 0.244 e. The van der Waals surface area contributed by atoms with Crippen LogP contribution in [0.2, 0.25) is 0 Å². The van der Waals surface area contributed by atoms with Crippen LogP contribution >= 0.6 is 15.9 Å². The number of amides is 2. The molecule has 3 rings (SSSR count). The normalized spacial score (nSPS) is 12.0. The van der Waals surface area contributed by atoms with Gasteiger partial charge in [0.1, 0.15) is 18.4 Å². The van der Waals surface area contributed by atoms with Crippen molar-refractivity contribution in [3.63, 3.8) is 0 Å². The van der Waals surface area contributed by atoms with E-state index >= 15 is 0 Å². The Bertz CT molecular complexity index is 1350. The molecule has 7 nitrogen and oxygen atoms in total. The molecular formula is C27H29BrFN3O4S. The van der Waals surface area contributed by atoms with Crippen molar-refractivity contribution in [1.82, 2.24) is 10.2 Å². The van der Waals surface area contributed by atoms with Crippen molar-refractivity contribution in [2.45, 2.75) is 25.9 Å². The van der Waals surface area contributed by atoms with Gasteiger partial charge in [0.25, 0.3) is 0 Å². The fourth-order valence-electron chi connectivity index (χ4n) is 3.90. The lowest BCUT2D eigenvalue weighted by molar-refractivity contribution is -0.139. The number of rotatable bonds is 10. The van der Waals surface area contributed by atoms with Crippen LogP contribution in [0.25, 0.3) is 0 Å². The van der Waals surface area contributed by atoms with Gasteiger partial charge >= 0.3 is 0 Å². The lowest BCUT2D eigenvalue weighted by Gasteiger charge is -2.33. The van der Waals surface area contributed by atoms with Crippen LogP contribution in [0.5, 0.6) is 0 Å². The Balaban J connectivity index is 2.03. The first kappa shape index (κ1) is 28.3. The molecule has 0 aliphatic rings. The molecule has 0 unspecified atom stereocenters. The van der Waals surface area contributed by atoms with Crippen molar-refractivity contribution in [2.24, 2.45) is 0 Å². The monoisotopic (exact) mass is 589 g/mol. The maximum absolute atomic E-state index is 13.8. The number of carbonyl (C=O) groups is 2. The molecular weight excluding hydrogens is 561 g/mol. The molecule has 0 saturated carbocycles. The maximum Gasteiger partial charge on any atom is 0.244 e. The molecule has 0 aliphatic carbocycles. The second-order valence-corrected chi connectivity index (χ2v) is 11.4. The number of aryl methyl sites for hydroxylation is 1. The summed E-state index contributed by atoms with van der Waals surface area (Å²) in [5, 5.41) is 2.61. The Morgan fingerprint density at radius 3 is 2.22 bits per heavy atom. The number of hydrogen-bond acceptors (Lipinski definition) is 4. The zero-order valence-electron chi connectivity index (χ0n) is 20.8. The van der Waals surface area contributed by atoms with Crippen molar-refractivity contribution in [1.29, 1.82) is 0 Å². The van der Waals surface area contributed by atoms with Crippen LogP contribution in [0.1, 0.15) is 16.7 Å². The van der Waals surface area contributed by atoms with Gasteiger partial charge in [0.15, 0.2) is 0 Å². The minimum Gasteiger partial charge on any atom is -0.357 e. The highest BCUT2D eigenvalue weighted by Gasteiger charge is 2.32. The summed E-state index contributed by atoms with van der Waals surface area (Å²) in [4.78, 5) is 28.2. The van der Waals surface area contributed by atoms with Gasteiger partial charge < -0.3 is 10.2 Å². The average Bonchev–Trinajstić information content (AvgIpc) is 2.87. The molecule has 1 N–H and O–H groups in total. The highest BCUT2D eigenvalue weighted by molar-refractivity contribution is 9.10. The van der Waals surface area contributed by atoms with Crippen molar-refractivity contribution < 1.29 is 22.4 Å². The number of nitrogens with zero attached hydrogens (tertiary/aromatic N) is 2. The molecule has 0 heterocycles. The predicted molar refractivity (Wildman–Crippen MR) is 146 cm³/mol. The van der Waals surface area contributed by atoms with Gasteiger partial charge in [0.05, 0.1) is 11.9 Å². The van der Waals surface area contributed by atoms with Crippen LogP contribution in [0.15, 0.2) is 77.3 Å². The summed E-state index contributed by atoms with van der Waals surface area (Å²) < 4.78 is 40.9. The third-order valence-corrected chi connectivity index (χ3v) is 7.92. The van der Waals surface area contributed by atoms with E-state index in [1.807, 2.05) is 37.3 Å². The van der Waals surface area contributed by atoms with E-state index in [-0.39, 0.29) is 13.0 Å². The summed E-state index contributed by atoms with van der Waals surface area (Å²) in [6, 6.07) is 18.9. The number of likely N-dealkylation sites (N-methyl/N-ethyl adjacent to an activating group) is 1. The zero-order chi connectivity index (χ0) is 27.2. The molecule has 2 amide bonds. The highest BCUT2D eigenvalue weighted by atomic mass is 79.9. The molecule has 3 aromatic rings. The Labute approximate surface area is 225 Å². The Kier molecular flexibility index (Phi) is 9.45. The number of sulfonamides is 1. The summed E-state index contributed by atoms with van der Waals surface area (Å²) in [6.45, 7) is 1.29. The quantitative estimate of drug-likeness (QED) is 0.386. The molecule has 0 radical (unpaired) electrons. The molecule has 0 aromatic heterocycles. The van der Waals surface area contributed by atoms with Gasteiger partial charge in [0.2, 0.25) is 21.8 Å². The Morgan fingerprint density at radius 2 is 1.65 bits per heavy atom. The van der Waals surface area contributed by atoms with Gasteiger partial charge in [-0.3, -0.25) is 13.9 Å². The molecule has 0 bridgehead atoms. The SMILES string of the molecule is CNC(=O)[C@H](Cc1ccccc1)N(Cc1ccc(F)cc1)C(=O)CN(c1ccc(Br)c(C)c1)S(C)(=O)=O. The molecule has 196 valence electrons. The van der Waals surface area contributed by atoms with E-state index in [4.69, 9.17) is 0 Å². The summed E-state index contributed by atoms with van der Waals surface area (Å²) in [5.41, 5.74) is 2.56. The van der Waals surface area contributed by atoms with Gasteiger partial charge in [-0.05, 0) is 53.9 Å². The maximum atomic E-state index is 13.8. The standard InChI is InChI=1S/C27H29BrFN3O4S/c1-19-15-23(13-14-24(19)28)32(37(3,35)36)18-26(33)31(17-21-9-11-22(29)12-10-21)25(27(34)30-2)16-20-7-5-4-6-8-20/h4-15,25H,16-18H2,1-3H3,(H,30,34)/t25-/m0/s1. The number of carbonyl (C=O) groups excluding carboxylic acids is 2. The van der Waals surface area contributed by atoms with Crippen molar-refractivity contribution in [2.75, 3.05) is 24.2 Å². The van der Waals surface area contributed by atoms with Crippen molar-refractivity contribution in [3.8, 4) is 0 Å². The molecule has 3 aromatic carbocycles. The van der Waals surface area contributed by atoms with Gasteiger partial charge in [0, 0.05) is 24.5 Å². The van der Waals surface area contributed by atoms with Crippen molar-refractivity contribution in [3.05, 3.63) is 99.8 Å². The molecule has 0 saturated heterocycles. The van der Waals surface area contributed by atoms with Crippen molar-refractivity contribution >= 4 is 43.5 Å². The summed E-state index contributed by atoms with van der Waals surface area (Å²) in [5.74, 6) is -1.40. The van der Waals surface area contributed by atoms with Gasteiger partial charge in [-0.2, -0.15) is 0 Å². The predicted octanol–water partition coefficient (Wildman–Crippen LogP) is 4.05. The summed E-state index contributed by atoms with van der Waals surface area (Å²) in [6.07, 6.45) is 1.24. The number of anilines is 1. The summed E-state index contributed by atoms with van der Waals surface area (Å²) >= 11 is 3.41. The Morgan fingerprint density at radius 1 is 1.00 bits per heavy atom. The van der Waals surface area contributed by atoms with Crippen LogP contribution < -0.4 is 9.62 Å². The van der Waals surface area contributed by atoms with Crippen LogP contribution in [0.3, 0.4) is 0 Å². The fraction of sp³-hybridized carbons (Fsp3) is 0.259. The van der Waals surface area contributed by atoms with E-state index in [1.165, 1.54) is 36.2 Å². The minimum atomic E-state index is -3.84. The van der Waals surface area contributed by atoms with E-state index < -0.39 is 40.2 Å². The molecule has 0 aliphatic heterocycles. The number of halogens is 2. The first-order valence-electron chi connectivity index (χ1n) is 11.5. The van der Waals surface area contributed by atoms with E-state index in [0.29, 0.717) is 11.3 Å². The van der Waals surface area contributed by atoms with Gasteiger partial charge in [-0.15, -0.1) is 0 Å². The molecule has 0 spiro atoms. The highest BCUT2D eigenvalue weighted by Crippen LogP contribution is 2.25. The topological polar surface area (TPSA) is 86.8 Å². The van der Waals surface area contributed by atoms with E-state index in [9.17, 15) is 22.4 Å². The van der Waals surface area contributed by atoms with Gasteiger partial charge in [-0.25, -0.2) is 12.8 Å². The molecule has 10 heteroatoms. The van der Waals surface area contributed by atoms with Crippen LogP contribution in [-0.4, -0.2) is 51.0 Å². The minimum absolute atomic E-state index is 0.0129. The molecule has 1 atom stereocenters. The average molecular weight is 591 g/mol. The van der Waals surface area contributed by atoms with E-state index in [2.05, 4.69) is 21.2 Å². The van der Waals surface area contributed by atoms with Crippen LogP contribution in [0.4, 0.5) is 10.1 Å². The lowest BCUT2D eigenvalue weighted by Crippen LogP contribution is -2.52. The zero-order valence-corrected chi connectivity index (χ0v) is 23.2. The third kappa shape index (κ3) is 7.62. The molecule has 37 heavy (non-hydrogen) atoms. The Hall–Kier alpha value is -3.24. The number of nitrogens with one attached hydrogen (secondary N) is 1. The van der Waals surface area contributed by atoms with E-state index in [0.717, 1.165) is 26.2 Å². The largest absolute Gasteiger partial charge is 0.357 e. The summed E-state index contributed by atoms with van der Waals surface area (Å²) in [7, 11) is -2.36. The number of hydrogen-bond donors (Lipinski definition) is 1. The van der Waals surface area contributed by atoms with Crippen LogP contribution in [-0.2, 0) is 32.6 Å². The second-order valence-electron chi connectivity index (χ2n) is 8.67.